The van der Waals surface area contributed by atoms with Crippen LogP contribution in [0.25, 0.3) is 11.0 Å². The molecule has 1 aromatic heterocycles. The number of carbonyl (C=O) groups excluding carboxylic acids is 2. The topological polar surface area (TPSA) is 73.2 Å². The van der Waals surface area contributed by atoms with Gasteiger partial charge in [0.1, 0.15) is 5.82 Å². The van der Waals surface area contributed by atoms with Crippen molar-refractivity contribution < 1.29 is 18.7 Å². The zero-order valence-electron chi connectivity index (χ0n) is 18.7. The lowest BCUT2D eigenvalue weighted by atomic mass is 10.1. The first-order chi connectivity index (χ1) is 16.5. The smallest absolute Gasteiger partial charge is 0.316 e. The van der Waals surface area contributed by atoms with Crippen LogP contribution in [-0.2, 0) is 27.3 Å². The number of fused-ring (bicyclic) bond motifs is 1. The van der Waals surface area contributed by atoms with E-state index in [1.54, 1.807) is 12.1 Å². The lowest BCUT2D eigenvalue weighted by Crippen LogP contribution is -2.21. The summed E-state index contributed by atoms with van der Waals surface area (Å²) in [4.78, 5) is 29.0. The Hall–Kier alpha value is -3.65. The lowest BCUT2D eigenvalue weighted by molar-refractivity contribution is -0.144. The minimum Gasteiger partial charge on any atom is -0.455 e. The molecule has 4 rings (SSSR count). The van der Waals surface area contributed by atoms with Crippen LogP contribution in [0.3, 0.4) is 0 Å². The Morgan fingerprint density at radius 1 is 1.00 bits per heavy atom. The van der Waals surface area contributed by atoms with Gasteiger partial charge in [0, 0.05) is 5.69 Å². The van der Waals surface area contributed by atoms with E-state index in [1.165, 1.54) is 29.5 Å². The molecule has 174 valence electrons. The van der Waals surface area contributed by atoms with Crippen LogP contribution in [0.2, 0.25) is 0 Å². The lowest BCUT2D eigenvalue weighted by Gasteiger charge is -2.10. The van der Waals surface area contributed by atoms with E-state index in [4.69, 9.17) is 4.74 Å². The second-order valence-electron chi connectivity index (χ2n) is 7.64. The third-order valence-electron chi connectivity index (χ3n) is 5.20. The van der Waals surface area contributed by atoms with Crippen molar-refractivity contribution in [3.05, 3.63) is 89.7 Å². The van der Waals surface area contributed by atoms with Gasteiger partial charge in [-0.05, 0) is 53.9 Å². The van der Waals surface area contributed by atoms with E-state index >= 15 is 0 Å². The summed E-state index contributed by atoms with van der Waals surface area (Å²) in [6.45, 7) is 2.18. The fraction of sp³-hybridized carbons (Fsp3) is 0.192. The van der Waals surface area contributed by atoms with E-state index in [0.29, 0.717) is 17.4 Å². The van der Waals surface area contributed by atoms with Gasteiger partial charge in [0.25, 0.3) is 5.91 Å². The number of para-hydroxylation sites is 2. The SMILES string of the molecule is CCc1ccc(NC(=O)COC(=O)CSc2nc3ccccc3n2Cc2ccc(F)cc2)cc1. The molecule has 0 saturated carbocycles. The van der Waals surface area contributed by atoms with Crippen LogP contribution in [-0.4, -0.2) is 33.8 Å². The van der Waals surface area contributed by atoms with Gasteiger partial charge < -0.3 is 14.6 Å². The molecule has 0 aliphatic rings. The molecule has 0 aliphatic carbocycles. The largest absolute Gasteiger partial charge is 0.455 e. The number of imidazole rings is 1. The summed E-state index contributed by atoms with van der Waals surface area (Å²) < 4.78 is 20.4. The summed E-state index contributed by atoms with van der Waals surface area (Å²) in [6, 6.07) is 21.5. The number of nitrogens with zero attached hydrogens (tertiary/aromatic N) is 2. The third kappa shape index (κ3) is 6.02. The molecule has 0 radical (unpaired) electrons. The minimum atomic E-state index is -0.512. The number of aromatic nitrogens is 2. The van der Waals surface area contributed by atoms with Crippen molar-refractivity contribution in [1.82, 2.24) is 9.55 Å². The van der Waals surface area contributed by atoms with Gasteiger partial charge >= 0.3 is 5.97 Å². The maximum atomic E-state index is 13.3. The number of hydrogen-bond donors (Lipinski definition) is 1. The first-order valence-electron chi connectivity index (χ1n) is 10.9. The van der Waals surface area contributed by atoms with Gasteiger partial charge in [0.05, 0.1) is 23.3 Å². The van der Waals surface area contributed by atoms with Gasteiger partial charge in [-0.3, -0.25) is 9.59 Å². The maximum Gasteiger partial charge on any atom is 0.316 e. The number of rotatable bonds is 9. The molecule has 34 heavy (non-hydrogen) atoms. The number of ether oxygens (including phenoxy) is 1. The highest BCUT2D eigenvalue weighted by atomic mass is 32.2. The average molecular weight is 478 g/mol. The zero-order valence-corrected chi connectivity index (χ0v) is 19.5. The van der Waals surface area contributed by atoms with Crippen molar-refractivity contribution in [2.45, 2.75) is 25.0 Å². The molecule has 0 fully saturated rings. The highest BCUT2D eigenvalue weighted by Crippen LogP contribution is 2.25. The van der Waals surface area contributed by atoms with Gasteiger partial charge in [-0.25, -0.2) is 9.37 Å². The predicted molar refractivity (Wildman–Crippen MR) is 131 cm³/mol. The second kappa shape index (κ2) is 11.0. The first kappa shape index (κ1) is 23.5. The number of esters is 1. The van der Waals surface area contributed by atoms with E-state index in [-0.39, 0.29) is 18.2 Å². The van der Waals surface area contributed by atoms with Gasteiger partial charge in [0.15, 0.2) is 11.8 Å². The highest BCUT2D eigenvalue weighted by molar-refractivity contribution is 7.99. The van der Waals surface area contributed by atoms with Crippen LogP contribution in [0.1, 0.15) is 18.1 Å². The Labute approximate surface area is 201 Å². The molecule has 0 spiro atoms. The van der Waals surface area contributed by atoms with Gasteiger partial charge in [-0.15, -0.1) is 0 Å². The quantitative estimate of drug-likeness (QED) is 0.269. The number of thioether (sulfide) groups is 1. The molecule has 1 heterocycles. The molecule has 1 amide bonds. The number of halogens is 1. The number of hydrogen-bond acceptors (Lipinski definition) is 5. The molecule has 6 nitrogen and oxygen atoms in total. The fourth-order valence-corrected chi connectivity index (χ4v) is 4.23. The Bertz CT molecular complexity index is 1290. The van der Waals surface area contributed by atoms with E-state index in [9.17, 15) is 14.0 Å². The molecular formula is C26H24FN3O3S. The van der Waals surface area contributed by atoms with Gasteiger partial charge in [-0.1, -0.05) is 55.1 Å². The number of carbonyl (C=O) groups is 2. The molecular weight excluding hydrogens is 453 g/mol. The summed E-state index contributed by atoms with van der Waals surface area (Å²) >= 11 is 1.23. The first-order valence-corrected chi connectivity index (χ1v) is 11.9. The van der Waals surface area contributed by atoms with Crippen molar-refractivity contribution in [3.8, 4) is 0 Å². The molecule has 0 unspecified atom stereocenters. The van der Waals surface area contributed by atoms with Crippen LogP contribution in [0.15, 0.2) is 78.0 Å². The monoisotopic (exact) mass is 477 g/mol. The summed E-state index contributed by atoms with van der Waals surface area (Å²) in [5.74, 6) is -1.20. The van der Waals surface area contributed by atoms with Crippen molar-refractivity contribution in [1.29, 1.82) is 0 Å². The molecule has 8 heteroatoms. The fourth-order valence-electron chi connectivity index (χ4n) is 3.42. The van der Waals surface area contributed by atoms with Crippen molar-refractivity contribution >= 4 is 40.4 Å². The molecule has 0 saturated heterocycles. The summed E-state index contributed by atoms with van der Waals surface area (Å²) in [6.07, 6.45) is 0.918. The van der Waals surface area contributed by atoms with Crippen molar-refractivity contribution in [2.75, 3.05) is 17.7 Å². The molecule has 0 atom stereocenters. The molecule has 4 aromatic rings. The van der Waals surface area contributed by atoms with Crippen LogP contribution in [0, 0.1) is 5.82 Å². The standard InChI is InChI=1S/C26H24FN3O3S/c1-2-18-9-13-21(14-10-18)28-24(31)16-33-25(32)17-34-26-29-22-5-3-4-6-23(22)30(26)15-19-7-11-20(27)12-8-19/h3-14H,2,15-17H2,1H3,(H,28,31). The Morgan fingerprint density at radius 3 is 2.44 bits per heavy atom. The highest BCUT2D eigenvalue weighted by Gasteiger charge is 2.15. The molecule has 0 aliphatic heterocycles. The second-order valence-corrected chi connectivity index (χ2v) is 8.59. The van der Waals surface area contributed by atoms with E-state index in [1.807, 2.05) is 53.1 Å². The number of aryl methyl sites for hydroxylation is 1. The maximum absolute atomic E-state index is 13.3. The Morgan fingerprint density at radius 2 is 1.71 bits per heavy atom. The van der Waals surface area contributed by atoms with Gasteiger partial charge in [0.2, 0.25) is 0 Å². The molecule has 3 aromatic carbocycles. The number of anilines is 1. The molecule has 0 bridgehead atoms. The molecule has 1 N–H and O–H groups in total. The van der Waals surface area contributed by atoms with Crippen LogP contribution < -0.4 is 5.32 Å². The van der Waals surface area contributed by atoms with Crippen molar-refractivity contribution in [2.24, 2.45) is 0 Å². The number of amides is 1. The number of benzene rings is 3. The normalized spacial score (nSPS) is 10.9. The average Bonchev–Trinajstić information content (AvgIpc) is 3.20. The van der Waals surface area contributed by atoms with Gasteiger partial charge in [-0.2, -0.15) is 0 Å². The van der Waals surface area contributed by atoms with E-state index in [0.717, 1.165) is 23.0 Å². The summed E-state index contributed by atoms with van der Waals surface area (Å²) in [7, 11) is 0. The summed E-state index contributed by atoms with van der Waals surface area (Å²) in [5, 5.41) is 3.36. The summed E-state index contributed by atoms with van der Waals surface area (Å²) in [5.41, 5.74) is 4.46. The predicted octanol–water partition coefficient (Wildman–Crippen LogP) is 5.06. The van der Waals surface area contributed by atoms with E-state index in [2.05, 4.69) is 17.2 Å². The van der Waals surface area contributed by atoms with Crippen LogP contribution in [0.4, 0.5) is 10.1 Å². The zero-order chi connectivity index (χ0) is 23.9. The Kier molecular flexibility index (Phi) is 7.59. The van der Waals surface area contributed by atoms with Crippen molar-refractivity contribution in [3.63, 3.8) is 0 Å². The van der Waals surface area contributed by atoms with Crippen LogP contribution >= 0.6 is 11.8 Å². The minimum absolute atomic E-state index is 0.00518. The Balaban J connectivity index is 1.35. The number of nitrogens with one attached hydrogen (secondary N) is 1. The van der Waals surface area contributed by atoms with E-state index < -0.39 is 11.9 Å². The third-order valence-corrected chi connectivity index (χ3v) is 6.15. The van der Waals surface area contributed by atoms with Crippen LogP contribution in [0.5, 0.6) is 0 Å².